The second-order valence-electron chi connectivity index (χ2n) is 5.50. The molecule has 1 atom stereocenters. The van der Waals surface area contributed by atoms with E-state index in [4.69, 9.17) is 9.47 Å². The zero-order valence-electron chi connectivity index (χ0n) is 12.2. The number of methoxy groups -OCH3 is 2. The number of rotatable bonds is 7. The highest BCUT2D eigenvalue weighted by molar-refractivity contribution is 5.26. The van der Waals surface area contributed by atoms with Crippen LogP contribution in [0.1, 0.15) is 29.9 Å². The third-order valence-corrected chi connectivity index (χ3v) is 4.01. The molecule has 1 aromatic rings. The second-order valence-corrected chi connectivity index (χ2v) is 5.50. The van der Waals surface area contributed by atoms with E-state index < -0.39 is 0 Å². The van der Waals surface area contributed by atoms with Crippen molar-refractivity contribution in [2.75, 3.05) is 27.4 Å². The molecule has 0 heterocycles. The average molecular weight is 263 g/mol. The zero-order chi connectivity index (χ0) is 13.7. The van der Waals surface area contributed by atoms with E-state index in [1.165, 1.54) is 24.0 Å². The Balaban J connectivity index is 1.70. The van der Waals surface area contributed by atoms with Gasteiger partial charge in [0.05, 0.1) is 12.7 Å². The fraction of sp³-hybridized carbons (Fsp3) is 0.625. The summed E-state index contributed by atoms with van der Waals surface area (Å²) in [5, 5.41) is 3.56. The molecule has 1 aromatic carbocycles. The molecule has 0 bridgehead atoms. The quantitative estimate of drug-likeness (QED) is 0.820. The van der Waals surface area contributed by atoms with Gasteiger partial charge < -0.3 is 14.8 Å². The Hall–Kier alpha value is -0.900. The van der Waals surface area contributed by atoms with Gasteiger partial charge in [-0.15, -0.1) is 0 Å². The Morgan fingerprint density at radius 2 is 1.89 bits per heavy atom. The summed E-state index contributed by atoms with van der Waals surface area (Å²) >= 11 is 0. The topological polar surface area (TPSA) is 30.5 Å². The van der Waals surface area contributed by atoms with Gasteiger partial charge in [-0.05, 0) is 31.2 Å². The van der Waals surface area contributed by atoms with E-state index in [2.05, 4.69) is 36.5 Å². The standard InChI is InChI=1S/C16H25NO2/c1-12-4-6-13(7-5-12)14-8-15(9-14)17-10-16(19-3)11-18-2/h4-7,14-17H,8-11H2,1-3H3. The lowest BCUT2D eigenvalue weighted by atomic mass is 9.75. The molecule has 1 unspecified atom stereocenters. The lowest BCUT2D eigenvalue weighted by Crippen LogP contribution is -2.44. The maximum atomic E-state index is 5.35. The molecule has 0 aromatic heterocycles. The molecule has 0 radical (unpaired) electrons. The molecule has 1 fully saturated rings. The predicted molar refractivity (Wildman–Crippen MR) is 77.6 cm³/mol. The summed E-state index contributed by atoms with van der Waals surface area (Å²) < 4.78 is 10.5. The van der Waals surface area contributed by atoms with Gasteiger partial charge in [0.25, 0.3) is 0 Å². The van der Waals surface area contributed by atoms with Crippen LogP contribution < -0.4 is 5.32 Å². The maximum Gasteiger partial charge on any atom is 0.0928 e. The van der Waals surface area contributed by atoms with Gasteiger partial charge in [-0.2, -0.15) is 0 Å². The summed E-state index contributed by atoms with van der Waals surface area (Å²) in [6, 6.07) is 9.56. The van der Waals surface area contributed by atoms with Crippen LogP contribution in [0.5, 0.6) is 0 Å². The molecule has 3 heteroatoms. The van der Waals surface area contributed by atoms with E-state index in [0.29, 0.717) is 12.6 Å². The van der Waals surface area contributed by atoms with Crippen molar-refractivity contribution in [3.8, 4) is 0 Å². The third-order valence-electron chi connectivity index (χ3n) is 4.01. The van der Waals surface area contributed by atoms with Crippen LogP contribution in [0.25, 0.3) is 0 Å². The largest absolute Gasteiger partial charge is 0.382 e. The molecule has 1 N–H and O–H groups in total. The van der Waals surface area contributed by atoms with Crippen LogP contribution in [0.4, 0.5) is 0 Å². The van der Waals surface area contributed by atoms with Gasteiger partial charge in [-0.1, -0.05) is 29.8 Å². The van der Waals surface area contributed by atoms with Crippen LogP contribution >= 0.6 is 0 Å². The first-order valence-corrected chi connectivity index (χ1v) is 7.04. The van der Waals surface area contributed by atoms with Crippen LogP contribution in [0.3, 0.4) is 0 Å². The number of hydrogen-bond donors (Lipinski definition) is 1. The molecule has 1 aliphatic carbocycles. The van der Waals surface area contributed by atoms with E-state index in [1.807, 2.05) is 0 Å². The molecular formula is C16H25NO2. The lowest BCUT2D eigenvalue weighted by molar-refractivity contribution is 0.0251. The highest BCUT2D eigenvalue weighted by atomic mass is 16.5. The Bertz CT molecular complexity index is 371. The predicted octanol–water partition coefficient (Wildman–Crippen LogP) is 2.49. The van der Waals surface area contributed by atoms with Crippen molar-refractivity contribution in [2.24, 2.45) is 0 Å². The highest BCUT2D eigenvalue weighted by Crippen LogP contribution is 2.36. The first kappa shape index (κ1) is 14.5. The Kier molecular flexibility index (Phi) is 5.37. The molecule has 3 nitrogen and oxygen atoms in total. The van der Waals surface area contributed by atoms with Crippen LogP contribution in [-0.2, 0) is 9.47 Å². The van der Waals surface area contributed by atoms with Gasteiger partial charge in [0.1, 0.15) is 0 Å². The molecule has 2 rings (SSSR count). The van der Waals surface area contributed by atoms with E-state index >= 15 is 0 Å². The number of benzene rings is 1. The molecule has 1 saturated carbocycles. The van der Waals surface area contributed by atoms with E-state index in [-0.39, 0.29) is 6.10 Å². The summed E-state index contributed by atoms with van der Waals surface area (Å²) in [7, 11) is 3.45. The Morgan fingerprint density at radius 3 is 2.47 bits per heavy atom. The van der Waals surface area contributed by atoms with Crippen molar-refractivity contribution in [3.63, 3.8) is 0 Å². The second kappa shape index (κ2) is 7.04. The normalized spacial score (nSPS) is 23.9. The minimum absolute atomic E-state index is 0.156. The van der Waals surface area contributed by atoms with Gasteiger partial charge in [-0.3, -0.25) is 0 Å². The minimum atomic E-state index is 0.156. The number of nitrogens with one attached hydrogen (secondary N) is 1. The fourth-order valence-corrected chi connectivity index (χ4v) is 2.59. The number of ether oxygens (including phenoxy) is 2. The summed E-state index contributed by atoms with van der Waals surface area (Å²) in [5.41, 5.74) is 2.81. The zero-order valence-corrected chi connectivity index (χ0v) is 12.2. The van der Waals surface area contributed by atoms with Gasteiger partial charge in [-0.25, -0.2) is 0 Å². The van der Waals surface area contributed by atoms with Crippen molar-refractivity contribution in [3.05, 3.63) is 35.4 Å². The van der Waals surface area contributed by atoms with Gasteiger partial charge in [0, 0.05) is 26.8 Å². The molecule has 0 spiro atoms. The van der Waals surface area contributed by atoms with Crippen molar-refractivity contribution < 1.29 is 9.47 Å². The van der Waals surface area contributed by atoms with Crippen molar-refractivity contribution >= 4 is 0 Å². The van der Waals surface area contributed by atoms with Crippen LogP contribution in [0.2, 0.25) is 0 Å². The van der Waals surface area contributed by atoms with Gasteiger partial charge in [0.15, 0.2) is 0 Å². The molecule has 0 amide bonds. The molecule has 1 aliphatic rings. The van der Waals surface area contributed by atoms with Crippen LogP contribution in [-0.4, -0.2) is 39.5 Å². The highest BCUT2D eigenvalue weighted by Gasteiger charge is 2.30. The number of aryl methyl sites for hydroxylation is 1. The molecule has 19 heavy (non-hydrogen) atoms. The molecular weight excluding hydrogens is 238 g/mol. The van der Waals surface area contributed by atoms with Gasteiger partial charge >= 0.3 is 0 Å². The monoisotopic (exact) mass is 263 g/mol. The third kappa shape index (κ3) is 4.03. The van der Waals surface area contributed by atoms with Crippen molar-refractivity contribution in [1.82, 2.24) is 5.32 Å². The smallest absolute Gasteiger partial charge is 0.0928 e. The van der Waals surface area contributed by atoms with Crippen LogP contribution in [0.15, 0.2) is 24.3 Å². The summed E-state index contributed by atoms with van der Waals surface area (Å²) in [6.45, 7) is 3.66. The van der Waals surface area contributed by atoms with Crippen molar-refractivity contribution in [1.29, 1.82) is 0 Å². The number of hydrogen-bond acceptors (Lipinski definition) is 3. The summed E-state index contributed by atoms with van der Waals surface area (Å²) in [4.78, 5) is 0. The maximum absolute atomic E-state index is 5.35. The van der Waals surface area contributed by atoms with E-state index in [9.17, 15) is 0 Å². The molecule has 0 saturated heterocycles. The van der Waals surface area contributed by atoms with E-state index in [1.54, 1.807) is 14.2 Å². The lowest BCUT2D eigenvalue weighted by Gasteiger charge is -2.37. The first-order valence-electron chi connectivity index (χ1n) is 7.04. The fourth-order valence-electron chi connectivity index (χ4n) is 2.59. The van der Waals surface area contributed by atoms with Gasteiger partial charge in [0.2, 0.25) is 0 Å². The first-order chi connectivity index (χ1) is 9.22. The molecule has 0 aliphatic heterocycles. The SMILES string of the molecule is COCC(CNC1CC(c2ccc(C)cc2)C1)OC. The average Bonchev–Trinajstić information content (AvgIpc) is 2.37. The summed E-state index contributed by atoms with van der Waals surface area (Å²) in [5.74, 6) is 0.724. The van der Waals surface area contributed by atoms with Crippen LogP contribution in [0, 0.1) is 6.92 Å². The minimum Gasteiger partial charge on any atom is -0.382 e. The summed E-state index contributed by atoms with van der Waals surface area (Å²) in [6.07, 6.45) is 2.61. The molecule has 106 valence electrons. The Labute approximate surface area is 116 Å². The van der Waals surface area contributed by atoms with E-state index in [0.717, 1.165) is 12.5 Å². The Morgan fingerprint density at radius 1 is 1.21 bits per heavy atom. The van der Waals surface area contributed by atoms with Crippen molar-refractivity contribution in [2.45, 2.75) is 37.8 Å².